The van der Waals surface area contributed by atoms with Crippen LogP contribution in [-0.2, 0) is 13.5 Å². The van der Waals surface area contributed by atoms with Crippen molar-refractivity contribution >= 4 is 5.91 Å². The molecule has 0 N–H and O–H groups in total. The van der Waals surface area contributed by atoms with Gasteiger partial charge in [0.1, 0.15) is 17.4 Å². The fourth-order valence-corrected chi connectivity index (χ4v) is 3.19. The number of fused-ring (bicyclic) bond motifs is 1. The number of aromatic nitrogens is 2. The van der Waals surface area contributed by atoms with Gasteiger partial charge in [-0.3, -0.25) is 9.59 Å². The van der Waals surface area contributed by atoms with Crippen LogP contribution in [0.2, 0.25) is 0 Å². The third-order valence-electron chi connectivity index (χ3n) is 5.08. The summed E-state index contributed by atoms with van der Waals surface area (Å²) in [5.41, 5.74) is 2.26. The van der Waals surface area contributed by atoms with Crippen molar-refractivity contribution in [2.24, 2.45) is 7.05 Å². The molecule has 0 aliphatic carbocycles. The lowest BCUT2D eigenvalue weighted by atomic mass is 10.0. The Labute approximate surface area is 147 Å². The van der Waals surface area contributed by atoms with Gasteiger partial charge in [0.15, 0.2) is 0 Å². The van der Waals surface area contributed by atoms with Gasteiger partial charge >= 0.3 is 0 Å². The van der Waals surface area contributed by atoms with Crippen molar-refractivity contribution < 1.29 is 9.53 Å². The first-order chi connectivity index (χ1) is 11.8. The van der Waals surface area contributed by atoms with Crippen molar-refractivity contribution in [1.29, 1.82) is 0 Å². The van der Waals surface area contributed by atoms with Gasteiger partial charge in [0.2, 0.25) is 0 Å². The van der Waals surface area contributed by atoms with Gasteiger partial charge in [-0.05, 0) is 38.0 Å². The molecule has 0 radical (unpaired) electrons. The molecule has 0 saturated carbocycles. The van der Waals surface area contributed by atoms with Crippen molar-refractivity contribution in [3.8, 4) is 5.75 Å². The zero-order valence-corrected chi connectivity index (χ0v) is 15.2. The average molecular weight is 341 g/mol. The summed E-state index contributed by atoms with van der Waals surface area (Å²) in [6.07, 6.45) is 0.625. The van der Waals surface area contributed by atoms with E-state index in [2.05, 4.69) is 5.10 Å². The monoisotopic (exact) mass is 341 g/mol. The number of hydrogen-bond acceptors (Lipinski definition) is 4. The average Bonchev–Trinajstić information content (AvgIpc) is 3.03. The van der Waals surface area contributed by atoms with Gasteiger partial charge in [0.25, 0.3) is 11.5 Å². The second-order valence-corrected chi connectivity index (χ2v) is 6.64. The summed E-state index contributed by atoms with van der Waals surface area (Å²) in [6, 6.07) is 7.73. The molecule has 25 heavy (non-hydrogen) atoms. The van der Waals surface area contributed by atoms with Crippen LogP contribution in [0, 0.1) is 13.8 Å². The molecule has 2 aromatic rings. The van der Waals surface area contributed by atoms with E-state index in [0.717, 1.165) is 17.7 Å². The van der Waals surface area contributed by atoms with Crippen LogP contribution in [0.4, 0.5) is 0 Å². The van der Waals surface area contributed by atoms with Crippen LogP contribution in [0.5, 0.6) is 5.75 Å². The molecule has 3 rings (SSSR count). The lowest BCUT2D eigenvalue weighted by molar-refractivity contribution is 0.0594. The fraction of sp³-hybridized carbons (Fsp3) is 0.421. The van der Waals surface area contributed by atoms with Gasteiger partial charge in [-0.25, -0.2) is 4.68 Å². The van der Waals surface area contributed by atoms with Crippen LogP contribution >= 0.6 is 0 Å². The number of amides is 1. The van der Waals surface area contributed by atoms with Crippen LogP contribution in [0.1, 0.15) is 34.1 Å². The minimum absolute atomic E-state index is 0.126. The quantitative estimate of drug-likeness (QED) is 0.855. The highest BCUT2D eigenvalue weighted by molar-refractivity contribution is 5.95. The van der Waals surface area contributed by atoms with Crippen molar-refractivity contribution in [2.75, 3.05) is 7.05 Å². The highest BCUT2D eigenvalue weighted by Gasteiger charge is 2.33. The Morgan fingerprint density at radius 3 is 2.72 bits per heavy atom. The van der Waals surface area contributed by atoms with E-state index in [9.17, 15) is 9.59 Å². The number of aryl methyl sites for hydroxylation is 2. The molecule has 0 spiro atoms. The second kappa shape index (κ2) is 6.35. The lowest BCUT2D eigenvalue weighted by Gasteiger charge is -2.29. The van der Waals surface area contributed by atoms with Gasteiger partial charge in [0, 0.05) is 20.5 Å². The number of nitrogens with zero attached hydrogens (tertiary/aromatic N) is 3. The van der Waals surface area contributed by atoms with Crippen LogP contribution in [0.3, 0.4) is 0 Å². The Kier molecular flexibility index (Phi) is 4.37. The fourth-order valence-electron chi connectivity index (χ4n) is 3.19. The van der Waals surface area contributed by atoms with E-state index in [-0.39, 0.29) is 29.2 Å². The van der Waals surface area contributed by atoms with Crippen LogP contribution in [-0.4, -0.2) is 39.8 Å². The van der Waals surface area contributed by atoms with E-state index in [1.165, 1.54) is 4.68 Å². The smallest absolute Gasteiger partial charge is 0.279 e. The number of rotatable bonds is 3. The summed E-state index contributed by atoms with van der Waals surface area (Å²) in [5, 5.41) is 4.13. The third-order valence-corrected chi connectivity index (χ3v) is 5.08. The van der Waals surface area contributed by atoms with Gasteiger partial charge in [0.05, 0.1) is 11.7 Å². The molecule has 132 valence electrons. The summed E-state index contributed by atoms with van der Waals surface area (Å²) < 4.78 is 7.21. The van der Waals surface area contributed by atoms with Crippen molar-refractivity contribution in [1.82, 2.24) is 14.7 Å². The normalized spacial score (nSPS) is 16.9. The number of carbonyl (C=O) groups excluding carboxylic acids is 1. The number of likely N-dealkylation sites (N-methyl/N-ethyl adjacent to an activating group) is 1. The molecule has 2 heterocycles. The molecule has 2 unspecified atom stereocenters. The molecule has 2 atom stereocenters. The number of ether oxygens (including phenoxy) is 1. The van der Waals surface area contributed by atoms with Crippen LogP contribution in [0.25, 0.3) is 0 Å². The highest BCUT2D eigenvalue weighted by Crippen LogP contribution is 2.30. The van der Waals surface area contributed by atoms with Gasteiger partial charge < -0.3 is 9.64 Å². The summed E-state index contributed by atoms with van der Waals surface area (Å²) in [6.45, 7) is 5.51. The first-order valence-electron chi connectivity index (χ1n) is 8.37. The standard InChI is InChI=1S/C19H23N3O3/c1-11-12(2)20-22(5)19(24)17(11)18(23)21(4)13(3)16-10-14-8-6-7-9-15(14)25-16/h6-9,13,16H,10H2,1-5H3. The Hall–Kier alpha value is -2.63. The molecule has 0 saturated heterocycles. The molecular formula is C19H23N3O3. The number of para-hydroxylation sites is 1. The zero-order valence-electron chi connectivity index (χ0n) is 15.2. The topological polar surface area (TPSA) is 64.4 Å². The maximum atomic E-state index is 13.0. The SMILES string of the molecule is Cc1nn(C)c(=O)c(C(=O)N(C)C(C)C2Cc3ccccc3O2)c1C. The Bertz CT molecular complexity index is 863. The summed E-state index contributed by atoms with van der Waals surface area (Å²) in [4.78, 5) is 27.0. The second-order valence-electron chi connectivity index (χ2n) is 6.64. The number of hydrogen-bond donors (Lipinski definition) is 0. The minimum Gasteiger partial charge on any atom is -0.488 e. The van der Waals surface area contributed by atoms with Crippen LogP contribution in [0.15, 0.2) is 29.1 Å². The maximum absolute atomic E-state index is 13.0. The molecule has 1 aliphatic heterocycles. The van der Waals surface area contributed by atoms with E-state index >= 15 is 0 Å². The predicted molar refractivity (Wildman–Crippen MR) is 95.1 cm³/mol. The summed E-state index contributed by atoms with van der Waals surface area (Å²) >= 11 is 0. The molecule has 1 amide bonds. The summed E-state index contributed by atoms with van der Waals surface area (Å²) in [5.74, 6) is 0.572. The molecule has 6 nitrogen and oxygen atoms in total. The highest BCUT2D eigenvalue weighted by atomic mass is 16.5. The molecule has 1 aromatic carbocycles. The lowest BCUT2D eigenvalue weighted by Crippen LogP contribution is -2.46. The molecule has 6 heteroatoms. The van der Waals surface area contributed by atoms with Gasteiger partial charge in [-0.1, -0.05) is 18.2 Å². The number of benzene rings is 1. The van der Waals surface area contributed by atoms with E-state index in [1.807, 2.05) is 31.2 Å². The Balaban J connectivity index is 1.86. The molecule has 1 aromatic heterocycles. The van der Waals surface area contributed by atoms with Crippen LogP contribution < -0.4 is 10.3 Å². The van der Waals surface area contributed by atoms with Gasteiger partial charge in [-0.15, -0.1) is 0 Å². The van der Waals surface area contributed by atoms with E-state index in [1.54, 1.807) is 32.8 Å². The third kappa shape index (κ3) is 2.92. The Morgan fingerprint density at radius 1 is 1.36 bits per heavy atom. The number of carbonyl (C=O) groups is 1. The van der Waals surface area contributed by atoms with Crippen molar-refractivity contribution in [2.45, 2.75) is 39.3 Å². The van der Waals surface area contributed by atoms with E-state index in [4.69, 9.17) is 4.74 Å². The Morgan fingerprint density at radius 2 is 2.04 bits per heavy atom. The molecule has 0 bridgehead atoms. The van der Waals surface area contributed by atoms with E-state index < -0.39 is 0 Å². The molecular weight excluding hydrogens is 318 g/mol. The van der Waals surface area contributed by atoms with Crippen molar-refractivity contribution in [3.05, 3.63) is 57.0 Å². The zero-order chi connectivity index (χ0) is 18.3. The maximum Gasteiger partial charge on any atom is 0.279 e. The molecule has 0 fully saturated rings. The minimum atomic E-state index is -0.372. The van der Waals surface area contributed by atoms with Crippen molar-refractivity contribution in [3.63, 3.8) is 0 Å². The van der Waals surface area contributed by atoms with E-state index in [0.29, 0.717) is 11.3 Å². The first-order valence-corrected chi connectivity index (χ1v) is 8.37. The first kappa shape index (κ1) is 17.2. The van der Waals surface area contributed by atoms with Gasteiger partial charge in [-0.2, -0.15) is 5.10 Å². The predicted octanol–water partition coefficient (Wildman–Crippen LogP) is 1.86. The molecule has 1 aliphatic rings. The summed E-state index contributed by atoms with van der Waals surface area (Å²) in [7, 11) is 3.28. The largest absolute Gasteiger partial charge is 0.488 e.